The zero-order chi connectivity index (χ0) is 13.4. The molecule has 0 fully saturated rings. The van der Waals surface area contributed by atoms with E-state index < -0.39 is 0 Å². The molecule has 3 rings (SSSR count). The summed E-state index contributed by atoms with van der Waals surface area (Å²) in [6, 6.07) is 12.7. The van der Waals surface area contributed by atoms with Crippen LogP contribution < -0.4 is 0 Å². The van der Waals surface area contributed by atoms with Crippen molar-refractivity contribution in [1.29, 1.82) is 0 Å². The Balaban J connectivity index is 2.18. The monoisotopic (exact) mass is 255 g/mol. The average Bonchev–Trinajstić information content (AvgIpc) is 2.38. The summed E-state index contributed by atoms with van der Waals surface area (Å²) >= 11 is 0. The number of phenols is 3. The van der Waals surface area contributed by atoms with Crippen LogP contribution in [-0.2, 0) is 0 Å². The van der Waals surface area contributed by atoms with Gasteiger partial charge in [-0.1, -0.05) is 0 Å². The molecule has 0 spiro atoms. The van der Waals surface area contributed by atoms with Gasteiger partial charge in [-0.25, -0.2) is 4.42 Å². The first-order valence-electron chi connectivity index (χ1n) is 5.72. The van der Waals surface area contributed by atoms with Crippen LogP contribution in [0.3, 0.4) is 0 Å². The van der Waals surface area contributed by atoms with Crippen molar-refractivity contribution in [2.45, 2.75) is 0 Å². The van der Waals surface area contributed by atoms with E-state index in [4.69, 9.17) is 4.42 Å². The Hall–Kier alpha value is -2.75. The first kappa shape index (κ1) is 11.3. The van der Waals surface area contributed by atoms with E-state index in [0.29, 0.717) is 16.7 Å². The van der Waals surface area contributed by atoms with Crippen LogP contribution in [0.4, 0.5) is 0 Å². The van der Waals surface area contributed by atoms with E-state index in [9.17, 15) is 15.3 Å². The molecule has 1 heterocycles. The van der Waals surface area contributed by atoms with Crippen LogP contribution in [0, 0.1) is 0 Å². The Morgan fingerprint density at radius 2 is 1.47 bits per heavy atom. The van der Waals surface area contributed by atoms with Crippen molar-refractivity contribution >= 4 is 11.0 Å². The topological polar surface area (TPSA) is 72.0 Å². The molecule has 0 amide bonds. The molecule has 0 aliphatic rings. The maximum atomic E-state index is 9.70. The maximum Gasteiger partial charge on any atom is 0.368 e. The van der Waals surface area contributed by atoms with Crippen molar-refractivity contribution in [3.63, 3.8) is 0 Å². The van der Waals surface area contributed by atoms with Crippen molar-refractivity contribution in [1.82, 2.24) is 0 Å². The fourth-order valence-corrected chi connectivity index (χ4v) is 1.94. The molecule has 0 bridgehead atoms. The Morgan fingerprint density at radius 3 is 2.21 bits per heavy atom. The first-order valence-corrected chi connectivity index (χ1v) is 5.72. The van der Waals surface area contributed by atoms with Gasteiger partial charge in [0.15, 0.2) is 0 Å². The van der Waals surface area contributed by atoms with Gasteiger partial charge in [0.1, 0.15) is 22.6 Å². The van der Waals surface area contributed by atoms with Crippen molar-refractivity contribution < 1.29 is 19.7 Å². The molecule has 0 aliphatic carbocycles. The smallest absolute Gasteiger partial charge is 0.368 e. The summed E-state index contributed by atoms with van der Waals surface area (Å²) < 4.78 is 5.65. The average molecular weight is 255 g/mol. The van der Waals surface area contributed by atoms with Gasteiger partial charge in [-0.15, -0.1) is 0 Å². The summed E-state index contributed by atoms with van der Waals surface area (Å²) in [6.45, 7) is 0. The minimum atomic E-state index is -0.0587. The molecular formula is C15H11O4+. The van der Waals surface area contributed by atoms with Crippen LogP contribution in [0.25, 0.3) is 22.3 Å². The molecule has 0 aliphatic heterocycles. The zero-order valence-corrected chi connectivity index (χ0v) is 9.87. The summed E-state index contributed by atoms with van der Waals surface area (Å²) in [5.74, 6) is 0.671. The molecule has 3 N–H and O–H groups in total. The van der Waals surface area contributed by atoms with Gasteiger partial charge in [-0.2, -0.15) is 0 Å². The van der Waals surface area contributed by atoms with E-state index in [0.717, 1.165) is 5.56 Å². The Morgan fingerprint density at radius 1 is 0.737 bits per heavy atom. The molecule has 4 heteroatoms. The minimum Gasteiger partial charge on any atom is -0.508 e. The quantitative estimate of drug-likeness (QED) is 0.582. The molecule has 1 aromatic heterocycles. The number of hydrogen-bond acceptors (Lipinski definition) is 3. The number of benzene rings is 2. The molecule has 4 nitrogen and oxygen atoms in total. The molecule has 0 atom stereocenters. The lowest BCUT2D eigenvalue weighted by atomic mass is 10.1. The molecule has 0 unspecified atom stereocenters. The summed E-state index contributed by atoms with van der Waals surface area (Å²) in [7, 11) is 0. The highest BCUT2D eigenvalue weighted by molar-refractivity contribution is 5.86. The van der Waals surface area contributed by atoms with Gasteiger partial charge in [0.25, 0.3) is 0 Å². The maximum absolute atomic E-state index is 9.70. The highest BCUT2D eigenvalue weighted by Gasteiger charge is 2.17. The van der Waals surface area contributed by atoms with Crippen molar-refractivity contribution in [3.05, 3.63) is 48.5 Å². The zero-order valence-electron chi connectivity index (χ0n) is 9.87. The van der Waals surface area contributed by atoms with Crippen LogP contribution >= 0.6 is 0 Å². The van der Waals surface area contributed by atoms with Crippen LogP contribution in [0.1, 0.15) is 0 Å². The highest BCUT2D eigenvalue weighted by atomic mass is 16.3. The van der Waals surface area contributed by atoms with Crippen LogP contribution in [0.15, 0.2) is 52.9 Å². The SMILES string of the molecule is Oc1ccc(-c2ccc3c(O)cc(O)cc3[o+]2)cc1. The fraction of sp³-hybridized carbons (Fsp3) is 0. The van der Waals surface area contributed by atoms with E-state index in [-0.39, 0.29) is 17.2 Å². The largest absolute Gasteiger partial charge is 0.508 e. The second kappa shape index (κ2) is 4.17. The third-order valence-electron chi connectivity index (χ3n) is 2.88. The van der Waals surface area contributed by atoms with Gasteiger partial charge in [-0.05, 0) is 30.3 Å². The molecule has 19 heavy (non-hydrogen) atoms. The molecule has 3 aromatic rings. The number of hydrogen-bond donors (Lipinski definition) is 3. The van der Waals surface area contributed by atoms with Crippen LogP contribution in [0.5, 0.6) is 17.2 Å². The number of phenolic OH excluding ortho intramolecular Hbond substituents is 3. The van der Waals surface area contributed by atoms with E-state index in [1.165, 1.54) is 12.1 Å². The number of fused-ring (bicyclic) bond motifs is 1. The van der Waals surface area contributed by atoms with E-state index in [1.807, 2.05) is 0 Å². The van der Waals surface area contributed by atoms with Gasteiger partial charge in [0, 0.05) is 12.1 Å². The molecular weight excluding hydrogens is 244 g/mol. The third kappa shape index (κ3) is 2.04. The van der Waals surface area contributed by atoms with E-state index in [1.54, 1.807) is 36.4 Å². The second-order valence-electron chi connectivity index (χ2n) is 4.22. The van der Waals surface area contributed by atoms with Gasteiger partial charge in [0.2, 0.25) is 0 Å². The molecule has 94 valence electrons. The lowest BCUT2D eigenvalue weighted by Crippen LogP contribution is -1.80. The predicted molar refractivity (Wildman–Crippen MR) is 71.1 cm³/mol. The standard InChI is InChI=1S/C15H10O4/c16-10-3-1-9(2-4-10)14-6-5-12-13(18)7-11(17)8-15(12)19-14/h1-8H,(H2-,16,17,18)/p+1. The van der Waals surface area contributed by atoms with Crippen molar-refractivity contribution in [2.75, 3.05) is 0 Å². The Bertz CT molecular complexity index is 748. The van der Waals surface area contributed by atoms with Gasteiger partial charge in [-0.3, -0.25) is 0 Å². The van der Waals surface area contributed by atoms with E-state index >= 15 is 0 Å². The predicted octanol–water partition coefficient (Wildman–Crippen LogP) is 3.50. The van der Waals surface area contributed by atoms with Gasteiger partial charge < -0.3 is 15.3 Å². The van der Waals surface area contributed by atoms with Crippen LogP contribution in [-0.4, -0.2) is 15.3 Å². The molecule has 0 saturated carbocycles. The molecule has 0 saturated heterocycles. The lowest BCUT2D eigenvalue weighted by molar-refractivity contribution is 0.452. The summed E-state index contributed by atoms with van der Waals surface area (Å²) in [5.41, 5.74) is 1.19. The van der Waals surface area contributed by atoms with E-state index in [2.05, 4.69) is 0 Å². The number of rotatable bonds is 1. The lowest BCUT2D eigenvalue weighted by Gasteiger charge is -1.97. The fourth-order valence-electron chi connectivity index (χ4n) is 1.94. The van der Waals surface area contributed by atoms with Crippen molar-refractivity contribution in [2.24, 2.45) is 0 Å². The van der Waals surface area contributed by atoms with Gasteiger partial charge >= 0.3 is 11.3 Å². The summed E-state index contributed by atoms with van der Waals surface area (Å²) in [5, 5.41) is 28.9. The summed E-state index contributed by atoms with van der Waals surface area (Å²) in [6.07, 6.45) is 0. The highest BCUT2D eigenvalue weighted by Crippen LogP contribution is 2.33. The Kier molecular flexibility index (Phi) is 2.49. The Labute approximate surface area is 108 Å². The summed E-state index contributed by atoms with van der Waals surface area (Å²) in [4.78, 5) is 0. The normalized spacial score (nSPS) is 10.7. The second-order valence-corrected chi connectivity index (χ2v) is 4.22. The molecule has 0 radical (unpaired) electrons. The van der Waals surface area contributed by atoms with Crippen molar-refractivity contribution in [3.8, 4) is 28.6 Å². The van der Waals surface area contributed by atoms with Gasteiger partial charge in [0.05, 0.1) is 11.6 Å². The molecule has 2 aromatic carbocycles. The minimum absolute atomic E-state index is 0.0315. The first-order chi connectivity index (χ1) is 9.13. The third-order valence-corrected chi connectivity index (χ3v) is 2.88. The van der Waals surface area contributed by atoms with Crippen LogP contribution in [0.2, 0.25) is 0 Å². The number of aromatic hydroxyl groups is 3.